The highest BCUT2D eigenvalue weighted by molar-refractivity contribution is 5.68. The summed E-state index contributed by atoms with van der Waals surface area (Å²) >= 11 is 0. The molecule has 0 radical (unpaired) electrons. The Balaban J connectivity index is 1.28. The first kappa shape index (κ1) is 28.5. The van der Waals surface area contributed by atoms with Crippen molar-refractivity contribution in [3.63, 3.8) is 0 Å². The van der Waals surface area contributed by atoms with Crippen LogP contribution < -0.4 is 5.56 Å². The average Bonchev–Trinajstić information content (AvgIpc) is 3.45. The van der Waals surface area contributed by atoms with Crippen LogP contribution in [0, 0.1) is 0 Å². The lowest BCUT2D eigenvalue weighted by atomic mass is 9.88. The molecule has 3 atom stereocenters. The molecule has 8 heteroatoms. The van der Waals surface area contributed by atoms with E-state index in [0.29, 0.717) is 18.5 Å². The Morgan fingerprint density at radius 1 is 1.03 bits per heavy atom. The Morgan fingerprint density at radius 3 is 2.33 bits per heavy atom. The molecule has 3 N–H and O–H groups in total. The van der Waals surface area contributed by atoms with Crippen LogP contribution in [-0.4, -0.2) is 48.0 Å². The van der Waals surface area contributed by atoms with E-state index in [9.17, 15) is 15.0 Å². The van der Waals surface area contributed by atoms with Gasteiger partial charge < -0.3 is 19.9 Å². The van der Waals surface area contributed by atoms with E-state index in [4.69, 9.17) is 4.74 Å². The number of aliphatic hydroxyl groups excluding tert-OH is 1. The number of unbranched alkanes of at least 4 members (excludes halogenated alkanes) is 12. The zero-order valence-corrected chi connectivity index (χ0v) is 22.0. The first-order chi connectivity index (χ1) is 17.6. The molecule has 1 saturated heterocycles. The minimum Gasteiger partial charge on any atom is -0.394 e. The molecule has 0 unspecified atom stereocenters. The normalized spacial score (nSPS) is 22.3. The van der Waals surface area contributed by atoms with Crippen LogP contribution in [-0.2, 0) is 4.74 Å². The van der Waals surface area contributed by atoms with Crippen LogP contribution in [0.15, 0.2) is 29.6 Å². The summed E-state index contributed by atoms with van der Waals surface area (Å²) < 4.78 is 7.64. The van der Waals surface area contributed by atoms with E-state index in [2.05, 4.69) is 34.0 Å². The molecule has 1 fully saturated rings. The molecule has 2 aromatic heterocycles. The molecule has 8 nitrogen and oxygen atoms in total. The highest BCUT2D eigenvalue weighted by Gasteiger charge is 2.47. The minimum absolute atomic E-state index is 0.241. The monoisotopic (exact) mass is 502 g/mol. The molecule has 0 saturated carbocycles. The second kappa shape index (κ2) is 15.3. The summed E-state index contributed by atoms with van der Waals surface area (Å²) in [6.07, 6.45) is 24.7. The smallest absolute Gasteiger partial charge is 0.278 e. The van der Waals surface area contributed by atoms with Crippen molar-refractivity contribution in [3.05, 3.63) is 35.2 Å². The van der Waals surface area contributed by atoms with Crippen LogP contribution in [0.4, 0.5) is 0 Å². The van der Waals surface area contributed by atoms with Crippen molar-refractivity contribution in [3.8, 4) is 0 Å². The fourth-order valence-corrected chi connectivity index (χ4v) is 5.19. The number of rotatable bonds is 18. The van der Waals surface area contributed by atoms with E-state index in [-0.39, 0.29) is 17.7 Å². The van der Waals surface area contributed by atoms with Gasteiger partial charge in [0.2, 0.25) is 0 Å². The van der Waals surface area contributed by atoms with Crippen LogP contribution in [0.3, 0.4) is 0 Å². The van der Waals surface area contributed by atoms with Crippen molar-refractivity contribution in [2.75, 3.05) is 6.61 Å². The molecule has 202 valence electrons. The molecule has 0 amide bonds. The van der Waals surface area contributed by atoms with E-state index in [1.807, 2.05) is 0 Å². The van der Waals surface area contributed by atoms with Gasteiger partial charge in [-0.15, -0.1) is 0 Å². The minimum atomic E-state index is -1.10. The first-order valence-corrected chi connectivity index (χ1v) is 14.1. The number of fused-ring (bicyclic) bond motifs is 1. The maximum Gasteiger partial charge on any atom is 0.278 e. The summed E-state index contributed by atoms with van der Waals surface area (Å²) in [4.78, 5) is 22.8. The number of nitrogens with one attached hydrogen (secondary N) is 1. The predicted molar refractivity (Wildman–Crippen MR) is 143 cm³/mol. The Bertz CT molecular complexity index is 972. The third-order valence-electron chi connectivity index (χ3n) is 7.41. The molecule has 3 rings (SSSR count). The van der Waals surface area contributed by atoms with Gasteiger partial charge in [0.15, 0.2) is 11.2 Å². The van der Waals surface area contributed by atoms with E-state index < -0.39 is 17.9 Å². The zero-order chi connectivity index (χ0) is 25.6. The third-order valence-corrected chi connectivity index (χ3v) is 7.41. The quantitative estimate of drug-likeness (QED) is 0.182. The van der Waals surface area contributed by atoms with Gasteiger partial charge in [0.25, 0.3) is 5.56 Å². The number of ether oxygens (including phenoxy) is 1. The van der Waals surface area contributed by atoms with Crippen molar-refractivity contribution in [1.29, 1.82) is 0 Å². The number of imidazole rings is 1. The van der Waals surface area contributed by atoms with Crippen LogP contribution in [0.5, 0.6) is 0 Å². The van der Waals surface area contributed by atoms with Gasteiger partial charge in [-0.2, -0.15) is 0 Å². The molecule has 1 aliphatic rings. The number of aromatic nitrogens is 4. The van der Waals surface area contributed by atoms with Gasteiger partial charge in [0.05, 0.1) is 24.9 Å². The van der Waals surface area contributed by atoms with E-state index in [1.54, 1.807) is 4.57 Å². The third kappa shape index (κ3) is 8.25. The highest BCUT2D eigenvalue weighted by atomic mass is 16.5. The number of nitrogens with zero attached hydrogens (tertiary/aromatic N) is 3. The fraction of sp³-hybridized carbons (Fsp3) is 0.750. The summed E-state index contributed by atoms with van der Waals surface area (Å²) in [5.41, 5.74) is -0.750. The summed E-state index contributed by atoms with van der Waals surface area (Å²) in [5.74, 6) is 0. The molecule has 0 spiro atoms. The van der Waals surface area contributed by atoms with E-state index in [0.717, 1.165) is 19.3 Å². The van der Waals surface area contributed by atoms with E-state index >= 15 is 0 Å². The second-order valence-corrected chi connectivity index (χ2v) is 10.3. The Hall–Kier alpha value is -2.03. The Labute approximate surface area is 215 Å². The summed E-state index contributed by atoms with van der Waals surface area (Å²) in [7, 11) is 0. The predicted octanol–water partition coefficient (Wildman–Crippen LogP) is 5.56. The van der Waals surface area contributed by atoms with Crippen LogP contribution >= 0.6 is 0 Å². The second-order valence-electron chi connectivity index (χ2n) is 10.3. The summed E-state index contributed by atoms with van der Waals surface area (Å²) in [6.45, 7) is 2.01. The number of hydrogen-bond donors (Lipinski definition) is 3. The maximum absolute atomic E-state index is 11.9. The SMILES string of the molecule is CCCCCCCC/C=C\CCCCCCCC[C@]1(O)C[C@H](n2cnc3c(=O)[nH]cnc32)O[C@@H]1CO. The van der Waals surface area contributed by atoms with Gasteiger partial charge >= 0.3 is 0 Å². The van der Waals surface area contributed by atoms with Crippen molar-refractivity contribution >= 4 is 11.2 Å². The molecule has 36 heavy (non-hydrogen) atoms. The topological polar surface area (TPSA) is 113 Å². The number of aromatic amines is 1. The van der Waals surface area contributed by atoms with Crippen molar-refractivity contribution in [2.45, 2.75) is 128 Å². The zero-order valence-electron chi connectivity index (χ0n) is 22.0. The van der Waals surface area contributed by atoms with Gasteiger partial charge in [-0.05, 0) is 32.1 Å². The van der Waals surface area contributed by atoms with Gasteiger partial charge in [-0.1, -0.05) is 83.3 Å². The number of allylic oxidation sites excluding steroid dienone is 2. The Kier molecular flexibility index (Phi) is 12.1. The maximum atomic E-state index is 11.9. The average molecular weight is 503 g/mol. The van der Waals surface area contributed by atoms with Crippen molar-refractivity contribution in [1.82, 2.24) is 19.5 Å². The highest BCUT2D eigenvalue weighted by Crippen LogP contribution is 2.40. The molecule has 3 heterocycles. The Morgan fingerprint density at radius 2 is 1.67 bits per heavy atom. The van der Waals surface area contributed by atoms with Gasteiger partial charge in [0, 0.05) is 6.42 Å². The fourth-order valence-electron chi connectivity index (χ4n) is 5.19. The summed E-state index contributed by atoms with van der Waals surface area (Å²) in [6, 6.07) is 0. The van der Waals surface area contributed by atoms with Crippen LogP contribution in [0.1, 0.15) is 116 Å². The lowest BCUT2D eigenvalue weighted by Crippen LogP contribution is -2.40. The first-order valence-electron chi connectivity index (χ1n) is 14.1. The van der Waals surface area contributed by atoms with Gasteiger partial charge in [-0.3, -0.25) is 9.36 Å². The molecule has 2 aromatic rings. The van der Waals surface area contributed by atoms with E-state index in [1.165, 1.54) is 83.3 Å². The number of hydrogen-bond acceptors (Lipinski definition) is 6. The van der Waals surface area contributed by atoms with Crippen molar-refractivity contribution < 1.29 is 14.9 Å². The molecule has 1 aliphatic heterocycles. The van der Waals surface area contributed by atoms with Crippen LogP contribution in [0.2, 0.25) is 0 Å². The van der Waals surface area contributed by atoms with Gasteiger partial charge in [-0.25, -0.2) is 9.97 Å². The molecular weight excluding hydrogens is 456 g/mol. The molecule has 0 aliphatic carbocycles. The lowest BCUT2D eigenvalue weighted by Gasteiger charge is -2.26. The van der Waals surface area contributed by atoms with Crippen LogP contribution in [0.25, 0.3) is 11.2 Å². The van der Waals surface area contributed by atoms with Crippen molar-refractivity contribution in [2.24, 2.45) is 0 Å². The molecular formula is C28H46N4O4. The summed E-state index contributed by atoms with van der Waals surface area (Å²) in [5, 5.41) is 21.1. The molecule has 0 bridgehead atoms. The van der Waals surface area contributed by atoms with Gasteiger partial charge in [0.1, 0.15) is 12.3 Å². The number of H-pyrrole nitrogens is 1. The number of aliphatic hydroxyl groups is 2. The molecule has 0 aromatic carbocycles. The standard InChI is InChI=1S/C28H46N4O4/c1-2-3-4-5-6-7-8-9-10-11-12-13-14-15-16-17-18-28(35)19-24(36-23(28)20-33)32-22-31-25-26(32)29-21-30-27(25)34/h9-10,21-24,33,35H,2-8,11-20H2,1H3,(H,29,30,34)/b10-9-/t23-,24-,28+/m1/s1. The lowest BCUT2D eigenvalue weighted by molar-refractivity contribution is -0.0850. The largest absolute Gasteiger partial charge is 0.394 e.